The van der Waals surface area contributed by atoms with E-state index in [1.54, 1.807) is 0 Å². The number of rotatable bonds is 4. The summed E-state index contributed by atoms with van der Waals surface area (Å²) in [6.07, 6.45) is 1.88. The molecule has 1 N–H and O–H groups in total. The van der Waals surface area contributed by atoms with Crippen molar-refractivity contribution in [2.45, 2.75) is 6.92 Å². The molecular formula is C8H14N2O. The second-order valence-corrected chi connectivity index (χ2v) is 2.76. The zero-order valence-electron chi connectivity index (χ0n) is 6.84. The third kappa shape index (κ3) is 2.72. The predicted molar refractivity (Wildman–Crippen MR) is 45.6 cm³/mol. The molecule has 0 amide bonds. The summed E-state index contributed by atoms with van der Waals surface area (Å²) in [5.74, 6) is 0.684. The van der Waals surface area contributed by atoms with E-state index in [4.69, 9.17) is 4.74 Å². The lowest BCUT2D eigenvalue weighted by Gasteiger charge is -2.25. The minimum atomic E-state index is 0.684. The van der Waals surface area contributed by atoms with Crippen LogP contribution >= 0.6 is 0 Å². The molecule has 1 heterocycles. The minimum absolute atomic E-state index is 0.684. The number of nitrogens with one attached hydrogen (secondary N) is 1. The number of aliphatic imine (C=N–C) groups is 1. The van der Waals surface area contributed by atoms with Gasteiger partial charge < -0.3 is 10.1 Å². The van der Waals surface area contributed by atoms with Crippen LogP contribution < -0.4 is 5.32 Å². The van der Waals surface area contributed by atoms with Gasteiger partial charge in [-0.15, -0.1) is 0 Å². The molecule has 0 aromatic heterocycles. The molecule has 1 aliphatic heterocycles. The zero-order valence-corrected chi connectivity index (χ0v) is 6.84. The topological polar surface area (TPSA) is 33.6 Å². The maximum Gasteiger partial charge on any atom is 0.0533 e. The number of allylic oxidation sites excluding steroid dienone is 1. The monoisotopic (exact) mass is 154 g/mol. The Hall–Kier alpha value is -0.830. The van der Waals surface area contributed by atoms with Gasteiger partial charge in [-0.3, -0.25) is 4.99 Å². The number of hydrogen-bond donors (Lipinski definition) is 1. The molecule has 0 aromatic rings. The highest BCUT2D eigenvalue weighted by Gasteiger charge is 2.16. The second kappa shape index (κ2) is 4.13. The number of nitrogens with zero attached hydrogens (tertiary/aromatic N) is 1. The number of hydrogen-bond acceptors (Lipinski definition) is 3. The lowest BCUT2D eigenvalue weighted by molar-refractivity contribution is -0.0293. The van der Waals surface area contributed by atoms with Crippen LogP contribution in [0.1, 0.15) is 6.92 Å². The first-order valence-corrected chi connectivity index (χ1v) is 3.77. The summed E-state index contributed by atoms with van der Waals surface area (Å²) >= 11 is 0. The molecule has 0 aliphatic carbocycles. The standard InChI is InChI=1S/C8H14N2O/c1-7(9-2)3-10-4-8-5-11-6-8/h3,8,10H,2,4-6H2,1H3/b7-3-. The molecule has 3 nitrogen and oxygen atoms in total. The maximum atomic E-state index is 5.02. The van der Waals surface area contributed by atoms with E-state index in [0.29, 0.717) is 5.92 Å². The van der Waals surface area contributed by atoms with E-state index in [0.717, 1.165) is 25.5 Å². The number of ether oxygens (including phenoxy) is 1. The van der Waals surface area contributed by atoms with E-state index >= 15 is 0 Å². The first-order valence-electron chi connectivity index (χ1n) is 3.77. The van der Waals surface area contributed by atoms with Crippen LogP contribution in [0.25, 0.3) is 0 Å². The van der Waals surface area contributed by atoms with Crippen molar-refractivity contribution in [1.29, 1.82) is 0 Å². The van der Waals surface area contributed by atoms with E-state index in [1.165, 1.54) is 0 Å². The van der Waals surface area contributed by atoms with Crippen molar-refractivity contribution in [3.8, 4) is 0 Å². The second-order valence-electron chi connectivity index (χ2n) is 2.76. The molecule has 1 rings (SSSR count). The fourth-order valence-electron chi connectivity index (χ4n) is 0.821. The summed E-state index contributed by atoms with van der Waals surface area (Å²) in [4.78, 5) is 3.75. The Kier molecular flexibility index (Phi) is 3.11. The van der Waals surface area contributed by atoms with E-state index in [1.807, 2.05) is 13.1 Å². The Bertz CT molecular complexity index is 161. The fourth-order valence-corrected chi connectivity index (χ4v) is 0.821. The SMILES string of the molecule is C=N/C(C)=C\NCC1COC1. The highest BCUT2D eigenvalue weighted by molar-refractivity contribution is 5.27. The summed E-state index contributed by atoms with van der Waals surface area (Å²) in [6.45, 7) is 8.08. The van der Waals surface area contributed by atoms with Crippen LogP contribution in [0.5, 0.6) is 0 Å². The Morgan fingerprint density at radius 2 is 2.55 bits per heavy atom. The van der Waals surface area contributed by atoms with Crippen molar-refractivity contribution in [2.24, 2.45) is 10.9 Å². The van der Waals surface area contributed by atoms with Gasteiger partial charge in [-0.2, -0.15) is 0 Å². The molecule has 11 heavy (non-hydrogen) atoms. The van der Waals surface area contributed by atoms with Crippen LogP contribution in [-0.2, 0) is 4.74 Å². The van der Waals surface area contributed by atoms with Crippen molar-refractivity contribution in [1.82, 2.24) is 5.32 Å². The minimum Gasteiger partial charge on any atom is -0.389 e. The average Bonchev–Trinajstić information content (AvgIpc) is 1.94. The Morgan fingerprint density at radius 3 is 3.00 bits per heavy atom. The van der Waals surface area contributed by atoms with Gasteiger partial charge in [-0.05, 0) is 13.6 Å². The largest absolute Gasteiger partial charge is 0.389 e. The van der Waals surface area contributed by atoms with Gasteiger partial charge >= 0.3 is 0 Å². The molecule has 0 spiro atoms. The van der Waals surface area contributed by atoms with Crippen LogP contribution in [0.4, 0.5) is 0 Å². The van der Waals surface area contributed by atoms with Crippen LogP contribution in [0.15, 0.2) is 16.9 Å². The van der Waals surface area contributed by atoms with E-state index < -0.39 is 0 Å². The van der Waals surface area contributed by atoms with Gasteiger partial charge in [-0.25, -0.2) is 0 Å². The van der Waals surface area contributed by atoms with E-state index in [9.17, 15) is 0 Å². The van der Waals surface area contributed by atoms with Gasteiger partial charge in [0.05, 0.1) is 18.9 Å². The molecule has 1 aliphatic rings. The van der Waals surface area contributed by atoms with E-state index in [2.05, 4.69) is 17.0 Å². The molecular weight excluding hydrogens is 140 g/mol. The molecule has 0 unspecified atom stereocenters. The summed E-state index contributed by atoms with van der Waals surface area (Å²) < 4.78 is 5.02. The summed E-state index contributed by atoms with van der Waals surface area (Å²) in [5, 5.41) is 3.16. The quantitative estimate of drug-likeness (QED) is 0.607. The Labute approximate surface area is 67.2 Å². The maximum absolute atomic E-state index is 5.02. The highest BCUT2D eigenvalue weighted by atomic mass is 16.5. The molecule has 0 bridgehead atoms. The Balaban J connectivity index is 2.06. The van der Waals surface area contributed by atoms with Gasteiger partial charge in [0.2, 0.25) is 0 Å². The molecule has 0 saturated carbocycles. The smallest absolute Gasteiger partial charge is 0.0533 e. The van der Waals surface area contributed by atoms with Gasteiger partial charge in [-0.1, -0.05) is 0 Å². The van der Waals surface area contributed by atoms with Crippen molar-refractivity contribution in [2.75, 3.05) is 19.8 Å². The van der Waals surface area contributed by atoms with Crippen molar-refractivity contribution in [3.05, 3.63) is 11.9 Å². The van der Waals surface area contributed by atoms with Crippen molar-refractivity contribution < 1.29 is 4.74 Å². The van der Waals surface area contributed by atoms with Crippen LogP contribution in [0, 0.1) is 5.92 Å². The van der Waals surface area contributed by atoms with Crippen molar-refractivity contribution >= 4 is 6.72 Å². The molecule has 1 saturated heterocycles. The first kappa shape index (κ1) is 8.27. The molecule has 62 valence electrons. The van der Waals surface area contributed by atoms with Crippen molar-refractivity contribution in [3.63, 3.8) is 0 Å². The highest BCUT2D eigenvalue weighted by Crippen LogP contribution is 2.07. The van der Waals surface area contributed by atoms with Crippen LogP contribution in [0.3, 0.4) is 0 Å². The fraction of sp³-hybridized carbons (Fsp3) is 0.625. The predicted octanol–water partition coefficient (Wildman–Crippen LogP) is 0.784. The van der Waals surface area contributed by atoms with Crippen LogP contribution in [0.2, 0.25) is 0 Å². The van der Waals surface area contributed by atoms with Crippen LogP contribution in [-0.4, -0.2) is 26.5 Å². The lowest BCUT2D eigenvalue weighted by atomic mass is 10.1. The summed E-state index contributed by atoms with van der Waals surface area (Å²) in [6, 6.07) is 0. The van der Waals surface area contributed by atoms with Gasteiger partial charge in [0.1, 0.15) is 0 Å². The molecule has 3 heteroatoms. The third-order valence-corrected chi connectivity index (χ3v) is 1.67. The van der Waals surface area contributed by atoms with Gasteiger partial charge in [0.25, 0.3) is 0 Å². The first-order chi connectivity index (χ1) is 5.33. The lowest BCUT2D eigenvalue weighted by Crippen LogP contribution is -2.35. The summed E-state index contributed by atoms with van der Waals surface area (Å²) in [5.41, 5.74) is 0.922. The molecule has 0 atom stereocenters. The molecule has 1 fully saturated rings. The summed E-state index contributed by atoms with van der Waals surface area (Å²) in [7, 11) is 0. The molecule has 0 radical (unpaired) electrons. The Morgan fingerprint density at radius 1 is 1.82 bits per heavy atom. The third-order valence-electron chi connectivity index (χ3n) is 1.67. The van der Waals surface area contributed by atoms with Gasteiger partial charge in [0.15, 0.2) is 0 Å². The normalized spacial score (nSPS) is 19.2. The van der Waals surface area contributed by atoms with E-state index in [-0.39, 0.29) is 0 Å². The molecule has 0 aromatic carbocycles. The van der Waals surface area contributed by atoms with Gasteiger partial charge in [0, 0.05) is 18.7 Å². The average molecular weight is 154 g/mol. The zero-order chi connectivity index (χ0) is 8.10.